The van der Waals surface area contributed by atoms with Crippen LogP contribution in [0.25, 0.3) is 22.0 Å². The number of hydrogen-bond acceptors (Lipinski definition) is 6. The van der Waals surface area contributed by atoms with Gasteiger partial charge in [-0.2, -0.15) is 9.90 Å². The van der Waals surface area contributed by atoms with Crippen molar-refractivity contribution in [2.45, 2.75) is 61.4 Å². The van der Waals surface area contributed by atoms with Crippen LogP contribution in [-0.2, 0) is 4.79 Å². The van der Waals surface area contributed by atoms with E-state index in [4.69, 9.17) is 4.74 Å². The number of carbonyl (C=O) groups excluding carboxylic acids is 1. The zero-order chi connectivity index (χ0) is 22.4. The van der Waals surface area contributed by atoms with E-state index >= 15 is 0 Å². The molecule has 0 radical (unpaired) electrons. The minimum atomic E-state index is 0. The molecule has 1 amide bonds. The second kappa shape index (κ2) is 13.1. The van der Waals surface area contributed by atoms with Gasteiger partial charge in [0.25, 0.3) is 0 Å². The van der Waals surface area contributed by atoms with Gasteiger partial charge in [-0.3, -0.25) is 4.79 Å². The fourth-order valence-corrected chi connectivity index (χ4v) is 3.90. The molecule has 0 aliphatic carbocycles. The number of hydrogen-bond donors (Lipinski definition) is 0. The first-order valence-electron chi connectivity index (χ1n) is 10.7. The summed E-state index contributed by atoms with van der Waals surface area (Å²) in [5.41, 5.74) is 2.68. The number of amides is 1. The van der Waals surface area contributed by atoms with E-state index in [-0.39, 0.29) is 26.8 Å². The van der Waals surface area contributed by atoms with E-state index in [1.54, 1.807) is 29.4 Å². The van der Waals surface area contributed by atoms with Gasteiger partial charge < -0.3 is 9.64 Å². The van der Waals surface area contributed by atoms with Crippen LogP contribution in [-0.4, -0.2) is 51.0 Å². The summed E-state index contributed by atoms with van der Waals surface area (Å²) in [4.78, 5) is 19.3. The highest BCUT2D eigenvalue weighted by Gasteiger charge is 2.20. The molecule has 8 heteroatoms. The Morgan fingerprint density at radius 3 is 2.09 bits per heavy atom. The summed E-state index contributed by atoms with van der Waals surface area (Å²) in [7, 11) is 1.66. The second-order valence-corrected chi connectivity index (χ2v) is 8.96. The summed E-state index contributed by atoms with van der Waals surface area (Å²) in [6.45, 7) is 10.0. The molecule has 0 unspecified atom stereocenters. The van der Waals surface area contributed by atoms with E-state index in [2.05, 4.69) is 29.0 Å². The van der Waals surface area contributed by atoms with Crippen LogP contribution in [0.5, 0.6) is 5.75 Å². The number of thiazole rings is 1. The van der Waals surface area contributed by atoms with Gasteiger partial charge in [-0.15, -0.1) is 16.4 Å². The van der Waals surface area contributed by atoms with Gasteiger partial charge in [0.05, 0.1) is 13.2 Å². The molecule has 1 aliphatic heterocycles. The molecule has 0 saturated carbocycles. The summed E-state index contributed by atoms with van der Waals surface area (Å²) in [6, 6.07) is 8.04. The molecular formula is C25H39N5O2S. The van der Waals surface area contributed by atoms with Crippen LogP contribution in [0.4, 0.5) is 0 Å². The number of carbonyl (C=O) groups is 1. The molecule has 0 N–H and O–H groups in total. The quantitative estimate of drug-likeness (QED) is 0.441. The van der Waals surface area contributed by atoms with E-state index in [1.165, 1.54) is 12.8 Å². The molecule has 1 fully saturated rings. The normalized spacial score (nSPS) is 12.6. The third kappa shape index (κ3) is 7.12. The topological polar surface area (TPSA) is 73.1 Å². The predicted octanol–water partition coefficient (Wildman–Crippen LogP) is 6.20. The molecule has 33 heavy (non-hydrogen) atoms. The highest BCUT2D eigenvalue weighted by Crippen LogP contribution is 2.31. The molecule has 182 valence electrons. The van der Waals surface area contributed by atoms with Crippen molar-refractivity contribution < 1.29 is 9.53 Å². The lowest BCUT2D eigenvalue weighted by atomic mass is 10.1. The number of aromatic nitrogens is 4. The van der Waals surface area contributed by atoms with E-state index in [1.807, 2.05) is 48.4 Å². The predicted molar refractivity (Wildman–Crippen MR) is 138 cm³/mol. The largest absolute Gasteiger partial charge is 0.497 e. The van der Waals surface area contributed by atoms with Crippen molar-refractivity contribution in [3.8, 4) is 27.7 Å². The van der Waals surface area contributed by atoms with Gasteiger partial charge in [-0.1, -0.05) is 28.7 Å². The standard InChI is InChI=1S/C15H16N4OS.C8H15NO.2CH4/c1-10(2)19-17-13(11-4-6-12(20-3)7-5-11)14(18-19)15-16-8-9-21-15;1-7(2)8(10)9-5-3-4-6-9;;/h4-10H,1-3H3;7H,3-6H2,1-2H3;2*1H4. The maximum atomic E-state index is 11.3. The zero-order valence-corrected chi connectivity index (χ0v) is 19.7. The fraction of sp³-hybridized carbons (Fsp3) is 0.520. The van der Waals surface area contributed by atoms with E-state index in [0.29, 0.717) is 5.91 Å². The average Bonchev–Trinajstić information content (AvgIpc) is 3.54. The highest BCUT2D eigenvalue weighted by molar-refractivity contribution is 7.13. The summed E-state index contributed by atoms with van der Waals surface area (Å²) in [5.74, 6) is 1.32. The molecule has 4 rings (SSSR count). The highest BCUT2D eigenvalue weighted by atomic mass is 32.1. The maximum Gasteiger partial charge on any atom is 0.225 e. The van der Waals surface area contributed by atoms with E-state index in [9.17, 15) is 4.79 Å². The van der Waals surface area contributed by atoms with Crippen LogP contribution in [0.1, 0.15) is 61.4 Å². The lowest BCUT2D eigenvalue weighted by molar-refractivity contribution is -0.133. The number of methoxy groups -OCH3 is 1. The Morgan fingerprint density at radius 1 is 1.00 bits per heavy atom. The van der Waals surface area contributed by atoms with Gasteiger partial charge in [0.2, 0.25) is 5.91 Å². The minimum Gasteiger partial charge on any atom is -0.497 e. The van der Waals surface area contributed by atoms with Crippen LogP contribution in [0.2, 0.25) is 0 Å². The van der Waals surface area contributed by atoms with Crippen LogP contribution >= 0.6 is 11.3 Å². The fourth-order valence-electron chi connectivity index (χ4n) is 3.28. The van der Waals surface area contributed by atoms with Crippen LogP contribution in [0.3, 0.4) is 0 Å². The summed E-state index contributed by atoms with van der Waals surface area (Å²) in [6.07, 6.45) is 4.17. The Morgan fingerprint density at radius 2 is 1.61 bits per heavy atom. The average molecular weight is 474 g/mol. The summed E-state index contributed by atoms with van der Waals surface area (Å²) in [5, 5.41) is 12.0. The van der Waals surface area contributed by atoms with Crippen LogP contribution in [0, 0.1) is 5.92 Å². The molecular weight excluding hydrogens is 434 g/mol. The molecule has 2 aromatic heterocycles. The van der Waals surface area contributed by atoms with Gasteiger partial charge in [0.1, 0.15) is 22.1 Å². The third-order valence-corrected chi connectivity index (χ3v) is 5.78. The molecule has 0 atom stereocenters. The first-order chi connectivity index (χ1) is 14.9. The van der Waals surface area contributed by atoms with Gasteiger partial charge in [-0.25, -0.2) is 4.98 Å². The van der Waals surface area contributed by atoms with Crippen molar-refractivity contribution in [3.63, 3.8) is 0 Å². The first kappa shape index (κ1) is 28.3. The Balaban J connectivity index is 0.000000388. The minimum absolute atomic E-state index is 0. The van der Waals surface area contributed by atoms with Crippen molar-refractivity contribution in [3.05, 3.63) is 35.8 Å². The Bertz CT molecular complexity index is 959. The smallest absolute Gasteiger partial charge is 0.225 e. The number of likely N-dealkylation sites (tertiary alicyclic amines) is 1. The van der Waals surface area contributed by atoms with Gasteiger partial charge >= 0.3 is 0 Å². The molecule has 1 aliphatic rings. The SMILES string of the molecule is C.C.CC(C)C(=O)N1CCCC1.COc1ccc(-c2nn(C(C)C)nc2-c2nccs2)cc1. The van der Waals surface area contributed by atoms with E-state index < -0.39 is 0 Å². The zero-order valence-electron chi connectivity index (χ0n) is 18.9. The van der Waals surface area contributed by atoms with Crippen molar-refractivity contribution in [2.24, 2.45) is 5.92 Å². The first-order valence-corrected chi connectivity index (χ1v) is 11.6. The summed E-state index contributed by atoms with van der Waals surface area (Å²) >= 11 is 1.57. The van der Waals surface area contributed by atoms with Gasteiger partial charge in [0, 0.05) is 36.1 Å². The monoisotopic (exact) mass is 473 g/mol. The number of ether oxygens (including phenoxy) is 1. The Hall–Kier alpha value is -2.74. The lowest BCUT2D eigenvalue weighted by Gasteiger charge is -2.17. The summed E-state index contributed by atoms with van der Waals surface area (Å²) < 4.78 is 5.20. The molecule has 0 bridgehead atoms. The van der Waals surface area contributed by atoms with Crippen molar-refractivity contribution in [2.75, 3.05) is 20.2 Å². The lowest BCUT2D eigenvalue weighted by Crippen LogP contribution is -2.31. The molecule has 1 saturated heterocycles. The molecule has 3 aromatic rings. The number of nitrogens with zero attached hydrogens (tertiary/aromatic N) is 5. The molecule has 1 aromatic carbocycles. The molecule has 0 spiro atoms. The Kier molecular flexibility index (Phi) is 11.2. The molecule has 7 nitrogen and oxygen atoms in total. The third-order valence-electron chi connectivity index (χ3n) is 5.00. The maximum absolute atomic E-state index is 11.3. The van der Waals surface area contributed by atoms with E-state index in [0.717, 1.165) is 40.8 Å². The number of benzene rings is 1. The van der Waals surface area contributed by atoms with Crippen molar-refractivity contribution in [1.82, 2.24) is 24.9 Å². The van der Waals surface area contributed by atoms with Crippen LogP contribution < -0.4 is 4.74 Å². The Labute approximate surface area is 202 Å². The number of rotatable bonds is 5. The second-order valence-electron chi connectivity index (χ2n) is 8.06. The molecule has 3 heterocycles. The van der Waals surface area contributed by atoms with Gasteiger partial charge in [0.15, 0.2) is 0 Å². The van der Waals surface area contributed by atoms with Gasteiger partial charge in [-0.05, 0) is 51.0 Å². The van der Waals surface area contributed by atoms with Crippen molar-refractivity contribution >= 4 is 17.2 Å². The van der Waals surface area contributed by atoms with Crippen molar-refractivity contribution in [1.29, 1.82) is 0 Å². The van der Waals surface area contributed by atoms with Crippen LogP contribution in [0.15, 0.2) is 35.8 Å².